The summed E-state index contributed by atoms with van der Waals surface area (Å²) in [5.41, 5.74) is 2.78. The molecule has 1 N–H and O–H groups in total. The second kappa shape index (κ2) is 8.09. The van der Waals surface area contributed by atoms with Gasteiger partial charge in [0.15, 0.2) is 6.10 Å². The minimum absolute atomic E-state index is 0.115. The molecular weight excluding hydrogens is 432 g/mol. The van der Waals surface area contributed by atoms with E-state index in [4.69, 9.17) is 4.74 Å². The third kappa shape index (κ3) is 4.03. The van der Waals surface area contributed by atoms with Gasteiger partial charge in [0.1, 0.15) is 5.75 Å². The quantitative estimate of drug-likeness (QED) is 0.607. The summed E-state index contributed by atoms with van der Waals surface area (Å²) in [6.45, 7) is 2.17. The molecule has 1 atom stereocenters. The number of carbonyl (C=O) groups is 2. The van der Waals surface area contributed by atoms with Crippen LogP contribution in [-0.2, 0) is 11.3 Å². The Labute approximate surface area is 177 Å². The molecule has 0 fully saturated rings. The van der Waals surface area contributed by atoms with Gasteiger partial charge in [0.05, 0.1) is 17.8 Å². The van der Waals surface area contributed by atoms with Gasteiger partial charge in [0.2, 0.25) is 0 Å². The first-order valence-corrected chi connectivity index (χ1v) is 10.0. The van der Waals surface area contributed by atoms with Gasteiger partial charge in [0.25, 0.3) is 11.8 Å². The number of nitrogens with one attached hydrogen (secondary N) is 1. The highest BCUT2D eigenvalue weighted by Crippen LogP contribution is 2.37. The number of carbonyl (C=O) groups excluding carboxylic acids is 2. The fourth-order valence-electron chi connectivity index (χ4n) is 3.26. The average Bonchev–Trinajstić information content (AvgIpc) is 2.73. The first-order valence-electron chi connectivity index (χ1n) is 9.25. The molecule has 0 aromatic heterocycles. The number of fused-ring (bicyclic) bond motifs is 1. The van der Waals surface area contributed by atoms with Gasteiger partial charge in [-0.15, -0.1) is 0 Å². The highest BCUT2D eigenvalue weighted by Gasteiger charge is 2.31. The highest BCUT2D eigenvalue weighted by molar-refractivity contribution is 9.10. The molecule has 3 aromatic carbocycles. The van der Waals surface area contributed by atoms with Crippen molar-refractivity contribution in [3.05, 3.63) is 88.4 Å². The van der Waals surface area contributed by atoms with Crippen LogP contribution in [0.2, 0.25) is 0 Å². The molecule has 0 bridgehead atoms. The van der Waals surface area contributed by atoms with Gasteiger partial charge < -0.3 is 15.0 Å². The number of ether oxygens (including phenoxy) is 1. The van der Waals surface area contributed by atoms with Crippen LogP contribution in [0.4, 0.5) is 11.4 Å². The third-order valence-electron chi connectivity index (χ3n) is 4.73. The molecule has 1 aliphatic heterocycles. The van der Waals surface area contributed by atoms with E-state index in [1.54, 1.807) is 36.1 Å². The largest absolute Gasteiger partial charge is 0.479 e. The van der Waals surface area contributed by atoms with E-state index in [1.807, 2.05) is 48.5 Å². The van der Waals surface area contributed by atoms with Gasteiger partial charge in [0, 0.05) is 10.2 Å². The monoisotopic (exact) mass is 450 g/mol. The lowest BCUT2D eigenvalue weighted by molar-refractivity contribution is -0.125. The molecule has 0 aliphatic carbocycles. The Morgan fingerprint density at radius 3 is 2.55 bits per heavy atom. The Balaban J connectivity index is 1.64. The Morgan fingerprint density at radius 1 is 1.07 bits per heavy atom. The molecule has 3 aromatic rings. The first-order chi connectivity index (χ1) is 14.0. The number of halogens is 1. The number of nitrogens with zero attached hydrogens (tertiary/aromatic N) is 1. The van der Waals surface area contributed by atoms with Crippen molar-refractivity contribution in [3.63, 3.8) is 0 Å². The maximum Gasteiger partial charge on any atom is 0.268 e. The van der Waals surface area contributed by atoms with Crippen LogP contribution >= 0.6 is 15.9 Å². The smallest absolute Gasteiger partial charge is 0.268 e. The fourth-order valence-corrected chi connectivity index (χ4v) is 3.72. The van der Waals surface area contributed by atoms with Crippen LogP contribution < -0.4 is 15.0 Å². The minimum atomic E-state index is -0.563. The zero-order valence-corrected chi connectivity index (χ0v) is 17.3. The summed E-state index contributed by atoms with van der Waals surface area (Å²) < 4.78 is 6.48. The predicted octanol–water partition coefficient (Wildman–Crippen LogP) is 5.02. The predicted molar refractivity (Wildman–Crippen MR) is 116 cm³/mol. The molecule has 0 spiro atoms. The molecule has 4 rings (SSSR count). The zero-order valence-electron chi connectivity index (χ0n) is 15.8. The van der Waals surface area contributed by atoms with E-state index < -0.39 is 6.10 Å². The summed E-state index contributed by atoms with van der Waals surface area (Å²) in [6.07, 6.45) is -0.563. The Bertz CT molecular complexity index is 1070. The van der Waals surface area contributed by atoms with Gasteiger partial charge in [-0.1, -0.05) is 42.5 Å². The van der Waals surface area contributed by atoms with E-state index in [1.165, 1.54) is 0 Å². The second-order valence-electron chi connectivity index (χ2n) is 6.79. The highest BCUT2D eigenvalue weighted by atomic mass is 79.9. The van der Waals surface area contributed by atoms with Crippen LogP contribution in [0.5, 0.6) is 5.75 Å². The number of hydrogen-bond acceptors (Lipinski definition) is 3. The number of benzene rings is 3. The normalized spacial score (nSPS) is 15.4. The molecule has 0 saturated heterocycles. The Kier molecular flexibility index (Phi) is 5.36. The lowest BCUT2D eigenvalue weighted by Crippen LogP contribution is -2.44. The fraction of sp³-hybridized carbons (Fsp3) is 0.130. The number of amides is 2. The summed E-state index contributed by atoms with van der Waals surface area (Å²) in [4.78, 5) is 27.1. The first kappa shape index (κ1) is 19.2. The van der Waals surface area contributed by atoms with Crippen LogP contribution in [0, 0.1) is 0 Å². The van der Waals surface area contributed by atoms with Crippen LogP contribution in [-0.4, -0.2) is 17.9 Å². The molecule has 0 radical (unpaired) electrons. The zero-order chi connectivity index (χ0) is 20.4. The Morgan fingerprint density at radius 2 is 1.79 bits per heavy atom. The number of rotatable bonds is 4. The molecule has 1 unspecified atom stereocenters. The van der Waals surface area contributed by atoms with Gasteiger partial charge in [-0.05, 0) is 58.7 Å². The number of anilines is 2. The molecule has 0 saturated carbocycles. The molecule has 1 aliphatic rings. The van der Waals surface area contributed by atoms with E-state index >= 15 is 0 Å². The van der Waals surface area contributed by atoms with E-state index in [2.05, 4.69) is 21.2 Å². The van der Waals surface area contributed by atoms with E-state index in [0.717, 1.165) is 5.56 Å². The summed E-state index contributed by atoms with van der Waals surface area (Å²) in [5, 5.41) is 2.90. The van der Waals surface area contributed by atoms with Crippen LogP contribution in [0.1, 0.15) is 22.8 Å². The van der Waals surface area contributed by atoms with Crippen LogP contribution in [0.15, 0.2) is 77.3 Å². The summed E-state index contributed by atoms with van der Waals surface area (Å²) in [6, 6.07) is 22.3. The molecular formula is C23H19BrN2O3. The SMILES string of the molecule is CC1Oc2ccc(NC(=O)c3ccccc3Br)cc2N(Cc2ccccc2)C1=O. The standard InChI is InChI=1S/C23H19BrN2O3/c1-15-23(28)26(14-16-7-3-2-4-8-16)20-13-17(11-12-21(20)29-15)25-22(27)18-9-5-6-10-19(18)24/h2-13,15H,14H2,1H3,(H,25,27). The minimum Gasteiger partial charge on any atom is -0.479 e. The van der Waals surface area contributed by atoms with Crippen molar-refractivity contribution in [3.8, 4) is 5.75 Å². The molecule has 146 valence electrons. The topological polar surface area (TPSA) is 58.6 Å². The molecule has 6 heteroatoms. The summed E-state index contributed by atoms with van der Waals surface area (Å²) >= 11 is 3.40. The van der Waals surface area contributed by atoms with Crippen molar-refractivity contribution in [2.24, 2.45) is 0 Å². The molecule has 5 nitrogen and oxygen atoms in total. The van der Waals surface area contributed by atoms with Crippen molar-refractivity contribution >= 4 is 39.1 Å². The Hall–Kier alpha value is -3.12. The maximum absolute atomic E-state index is 12.8. The summed E-state index contributed by atoms with van der Waals surface area (Å²) in [5.74, 6) is 0.269. The van der Waals surface area contributed by atoms with Gasteiger partial charge in [-0.25, -0.2) is 0 Å². The maximum atomic E-state index is 12.8. The average molecular weight is 451 g/mol. The van der Waals surface area contributed by atoms with E-state index in [9.17, 15) is 9.59 Å². The van der Waals surface area contributed by atoms with Crippen LogP contribution in [0.25, 0.3) is 0 Å². The lowest BCUT2D eigenvalue weighted by Gasteiger charge is -2.33. The number of hydrogen-bond donors (Lipinski definition) is 1. The van der Waals surface area contributed by atoms with E-state index in [0.29, 0.717) is 33.7 Å². The van der Waals surface area contributed by atoms with Gasteiger partial charge >= 0.3 is 0 Å². The lowest BCUT2D eigenvalue weighted by atomic mass is 10.1. The van der Waals surface area contributed by atoms with Crippen LogP contribution in [0.3, 0.4) is 0 Å². The van der Waals surface area contributed by atoms with Crippen molar-refractivity contribution in [2.75, 3.05) is 10.2 Å². The van der Waals surface area contributed by atoms with Gasteiger partial charge in [-0.3, -0.25) is 9.59 Å². The molecule has 2 amide bonds. The van der Waals surface area contributed by atoms with Crippen molar-refractivity contribution < 1.29 is 14.3 Å². The van der Waals surface area contributed by atoms with Gasteiger partial charge in [-0.2, -0.15) is 0 Å². The molecule has 29 heavy (non-hydrogen) atoms. The van der Waals surface area contributed by atoms with E-state index in [-0.39, 0.29) is 11.8 Å². The molecule has 1 heterocycles. The van der Waals surface area contributed by atoms with Crippen molar-refractivity contribution in [2.45, 2.75) is 19.6 Å². The van der Waals surface area contributed by atoms with Crippen molar-refractivity contribution in [1.29, 1.82) is 0 Å². The third-order valence-corrected chi connectivity index (χ3v) is 5.42. The second-order valence-corrected chi connectivity index (χ2v) is 7.64. The van der Waals surface area contributed by atoms with Crippen molar-refractivity contribution in [1.82, 2.24) is 0 Å². The summed E-state index contributed by atoms with van der Waals surface area (Å²) in [7, 11) is 0.